The Morgan fingerprint density at radius 2 is 1.96 bits per heavy atom. The summed E-state index contributed by atoms with van der Waals surface area (Å²) in [5.41, 5.74) is 8.37. The molecular formula is C18H17N5O3. The first-order valence-electron chi connectivity index (χ1n) is 8.40. The maximum atomic E-state index is 9.85. The number of phenols is 1. The van der Waals surface area contributed by atoms with Crippen LogP contribution in [0, 0.1) is 0 Å². The summed E-state index contributed by atoms with van der Waals surface area (Å²) in [6.07, 6.45) is 0.402. The van der Waals surface area contributed by atoms with Gasteiger partial charge in [0.15, 0.2) is 23.6 Å². The van der Waals surface area contributed by atoms with E-state index in [9.17, 15) is 5.11 Å². The van der Waals surface area contributed by atoms with Crippen LogP contribution in [0.25, 0.3) is 11.0 Å². The van der Waals surface area contributed by atoms with Crippen LogP contribution >= 0.6 is 0 Å². The van der Waals surface area contributed by atoms with Crippen molar-refractivity contribution in [2.24, 2.45) is 10.7 Å². The number of guanidine groups is 1. The largest absolute Gasteiger partial charge is 0.508 e. The van der Waals surface area contributed by atoms with Crippen molar-refractivity contribution >= 4 is 22.9 Å². The van der Waals surface area contributed by atoms with Gasteiger partial charge in [-0.25, -0.2) is 9.98 Å². The Kier molecular flexibility index (Phi) is 3.18. The molecular weight excluding hydrogens is 334 g/mol. The second kappa shape index (κ2) is 5.55. The monoisotopic (exact) mass is 351 g/mol. The molecule has 0 amide bonds. The van der Waals surface area contributed by atoms with E-state index in [2.05, 4.69) is 15.3 Å². The number of fused-ring (bicyclic) bond motifs is 4. The molecule has 1 aromatic heterocycles. The molecule has 0 spiro atoms. The molecule has 26 heavy (non-hydrogen) atoms. The predicted molar refractivity (Wildman–Crippen MR) is 96.8 cm³/mol. The number of aliphatic imine (C=N–C) groups is 1. The van der Waals surface area contributed by atoms with Crippen molar-refractivity contribution < 1.29 is 14.6 Å². The molecule has 1 atom stereocenters. The fraction of sp³-hybridized carbons (Fsp3) is 0.222. The van der Waals surface area contributed by atoms with E-state index in [1.165, 1.54) is 0 Å². The van der Waals surface area contributed by atoms with Crippen LogP contribution in [0.4, 0.5) is 5.95 Å². The normalized spacial score (nSPS) is 18.6. The standard InChI is InChI=1S/C18H17N5O3/c19-17-21-16(10-3-1-4-11(24)7-10)23-13-9-15-14(25-5-2-6-26-15)8-12(13)20-18(23)22-17/h1,3-4,7-9,16,24H,2,5-6H2,(H3,19,20,21,22). The first kappa shape index (κ1) is 14.9. The van der Waals surface area contributed by atoms with Crippen molar-refractivity contribution in [2.45, 2.75) is 12.6 Å². The zero-order valence-corrected chi connectivity index (χ0v) is 13.8. The minimum Gasteiger partial charge on any atom is -0.508 e. The number of aromatic nitrogens is 2. The maximum absolute atomic E-state index is 9.85. The third-order valence-corrected chi connectivity index (χ3v) is 4.47. The number of nitrogens with zero attached hydrogens (tertiary/aromatic N) is 3. The van der Waals surface area contributed by atoms with Gasteiger partial charge in [0, 0.05) is 24.1 Å². The van der Waals surface area contributed by atoms with Crippen LogP contribution in [0.15, 0.2) is 41.4 Å². The number of nitrogens with two attached hydrogens (primary N) is 1. The average Bonchev–Trinajstić information content (AvgIpc) is 2.81. The van der Waals surface area contributed by atoms with Gasteiger partial charge in [-0.05, 0) is 12.1 Å². The average molecular weight is 351 g/mol. The number of phenolic OH excluding ortho intramolecular Hbond substituents is 1. The van der Waals surface area contributed by atoms with Gasteiger partial charge < -0.3 is 20.3 Å². The molecule has 2 aromatic carbocycles. The summed E-state index contributed by atoms with van der Waals surface area (Å²) in [5, 5.41) is 12.9. The Morgan fingerprint density at radius 1 is 1.15 bits per heavy atom. The van der Waals surface area contributed by atoms with Gasteiger partial charge in [0.1, 0.15) is 5.75 Å². The lowest BCUT2D eigenvalue weighted by molar-refractivity contribution is 0.297. The van der Waals surface area contributed by atoms with Gasteiger partial charge in [-0.3, -0.25) is 9.88 Å². The highest BCUT2D eigenvalue weighted by molar-refractivity contribution is 5.95. The molecule has 5 rings (SSSR count). The molecule has 4 N–H and O–H groups in total. The molecule has 8 heteroatoms. The predicted octanol–water partition coefficient (Wildman–Crippen LogP) is 2.19. The summed E-state index contributed by atoms with van der Waals surface area (Å²) in [6, 6.07) is 10.8. The van der Waals surface area contributed by atoms with Crippen LogP contribution in [0.5, 0.6) is 17.2 Å². The van der Waals surface area contributed by atoms with Crippen LogP contribution in [-0.4, -0.2) is 33.8 Å². The van der Waals surface area contributed by atoms with E-state index in [0.717, 1.165) is 23.0 Å². The first-order valence-corrected chi connectivity index (χ1v) is 8.40. The van der Waals surface area contributed by atoms with E-state index in [1.807, 2.05) is 22.8 Å². The summed E-state index contributed by atoms with van der Waals surface area (Å²) in [6.45, 7) is 1.23. The Balaban J connectivity index is 1.72. The number of ether oxygens (including phenoxy) is 2. The quantitative estimate of drug-likeness (QED) is 0.620. The highest BCUT2D eigenvalue weighted by Crippen LogP contribution is 2.39. The summed E-state index contributed by atoms with van der Waals surface area (Å²) >= 11 is 0. The van der Waals surface area contributed by atoms with Crippen molar-refractivity contribution in [1.82, 2.24) is 9.55 Å². The van der Waals surface area contributed by atoms with E-state index >= 15 is 0 Å². The molecule has 0 radical (unpaired) electrons. The number of hydrogen-bond acceptors (Lipinski definition) is 7. The molecule has 132 valence electrons. The Labute approximate surface area is 148 Å². The minimum atomic E-state index is -0.437. The fourth-order valence-corrected chi connectivity index (χ4v) is 3.33. The lowest BCUT2D eigenvalue weighted by Crippen LogP contribution is -2.31. The second-order valence-electron chi connectivity index (χ2n) is 6.25. The topological polar surface area (TPSA) is 107 Å². The number of benzene rings is 2. The summed E-state index contributed by atoms with van der Waals surface area (Å²) in [4.78, 5) is 9.14. The Morgan fingerprint density at radius 3 is 2.77 bits per heavy atom. The zero-order chi connectivity index (χ0) is 17.7. The van der Waals surface area contributed by atoms with Gasteiger partial charge in [0.25, 0.3) is 0 Å². The van der Waals surface area contributed by atoms with Crippen LogP contribution in [0.2, 0.25) is 0 Å². The van der Waals surface area contributed by atoms with Crippen LogP contribution in [0.3, 0.4) is 0 Å². The number of anilines is 1. The van der Waals surface area contributed by atoms with Crippen LogP contribution in [0.1, 0.15) is 18.2 Å². The second-order valence-corrected chi connectivity index (χ2v) is 6.25. The molecule has 0 fully saturated rings. The van der Waals surface area contributed by atoms with Gasteiger partial charge in [-0.1, -0.05) is 12.1 Å². The Hall–Kier alpha value is -3.42. The SMILES string of the molecule is NC1=NC(c2cccc(O)c2)n2c(nc3cc4c(cc32)OCCCO4)N1. The zero-order valence-electron chi connectivity index (χ0n) is 13.8. The molecule has 0 saturated heterocycles. The third kappa shape index (κ3) is 2.30. The van der Waals surface area contributed by atoms with Gasteiger partial charge in [-0.15, -0.1) is 0 Å². The van der Waals surface area contributed by atoms with E-state index in [1.54, 1.807) is 18.2 Å². The molecule has 3 heterocycles. The van der Waals surface area contributed by atoms with Gasteiger partial charge in [0.2, 0.25) is 5.95 Å². The molecule has 0 bridgehead atoms. The lowest BCUT2D eigenvalue weighted by atomic mass is 10.1. The molecule has 1 unspecified atom stereocenters. The van der Waals surface area contributed by atoms with Gasteiger partial charge >= 0.3 is 0 Å². The van der Waals surface area contributed by atoms with Crippen LogP contribution in [-0.2, 0) is 0 Å². The number of aromatic hydroxyl groups is 1. The molecule has 2 aliphatic rings. The fourth-order valence-electron chi connectivity index (χ4n) is 3.33. The summed E-state index contributed by atoms with van der Waals surface area (Å²) < 4.78 is 13.5. The lowest BCUT2D eigenvalue weighted by Gasteiger charge is -2.24. The number of imidazole rings is 1. The first-order chi connectivity index (χ1) is 12.7. The molecule has 8 nitrogen and oxygen atoms in total. The van der Waals surface area contributed by atoms with Crippen LogP contribution < -0.4 is 20.5 Å². The maximum Gasteiger partial charge on any atom is 0.212 e. The smallest absolute Gasteiger partial charge is 0.212 e. The number of hydrogen-bond donors (Lipinski definition) is 3. The highest BCUT2D eigenvalue weighted by atomic mass is 16.5. The summed E-state index contributed by atoms with van der Waals surface area (Å²) in [5.74, 6) is 2.41. The van der Waals surface area contributed by atoms with E-state index in [-0.39, 0.29) is 11.7 Å². The van der Waals surface area contributed by atoms with Gasteiger partial charge in [-0.2, -0.15) is 0 Å². The van der Waals surface area contributed by atoms with Crippen molar-refractivity contribution in [3.63, 3.8) is 0 Å². The van der Waals surface area contributed by atoms with E-state index in [4.69, 9.17) is 15.2 Å². The molecule has 0 aliphatic carbocycles. The minimum absolute atomic E-state index is 0.173. The highest BCUT2D eigenvalue weighted by Gasteiger charge is 2.27. The van der Waals surface area contributed by atoms with Crippen molar-refractivity contribution in [1.29, 1.82) is 0 Å². The third-order valence-electron chi connectivity index (χ3n) is 4.47. The molecule has 2 aliphatic heterocycles. The number of rotatable bonds is 1. The van der Waals surface area contributed by atoms with E-state index in [0.29, 0.717) is 30.7 Å². The van der Waals surface area contributed by atoms with Gasteiger partial charge in [0.05, 0.1) is 24.2 Å². The summed E-state index contributed by atoms with van der Waals surface area (Å²) in [7, 11) is 0. The number of nitrogens with one attached hydrogen (secondary N) is 1. The van der Waals surface area contributed by atoms with Crippen molar-refractivity contribution in [3.05, 3.63) is 42.0 Å². The Bertz CT molecular complexity index is 1040. The van der Waals surface area contributed by atoms with Crippen molar-refractivity contribution in [3.8, 4) is 17.2 Å². The van der Waals surface area contributed by atoms with Crippen molar-refractivity contribution in [2.75, 3.05) is 18.5 Å². The molecule has 3 aromatic rings. The molecule has 0 saturated carbocycles. The van der Waals surface area contributed by atoms with E-state index < -0.39 is 6.17 Å².